The lowest BCUT2D eigenvalue weighted by Gasteiger charge is -2.18. The van der Waals surface area contributed by atoms with Crippen LogP contribution in [0.3, 0.4) is 0 Å². The third-order valence-corrected chi connectivity index (χ3v) is 7.03. The van der Waals surface area contributed by atoms with Crippen molar-refractivity contribution in [3.8, 4) is 0 Å². The first-order valence-electron chi connectivity index (χ1n) is 5.95. The summed E-state index contributed by atoms with van der Waals surface area (Å²) in [5, 5.41) is 0.0170. The molecule has 11 heteroatoms. The summed E-state index contributed by atoms with van der Waals surface area (Å²) in [6, 6.07) is -0.341. The Labute approximate surface area is 128 Å². The maximum Gasteiger partial charge on any atom is 0.264 e. The Morgan fingerprint density at radius 3 is 2.10 bits per heavy atom. The predicted molar refractivity (Wildman–Crippen MR) is 84.2 cm³/mol. The van der Waals surface area contributed by atoms with Gasteiger partial charge < -0.3 is 5.73 Å². The predicted octanol–water partition coefficient (Wildman–Crippen LogP) is 1.03. The fourth-order valence-corrected chi connectivity index (χ4v) is 4.96. The van der Waals surface area contributed by atoms with Crippen LogP contribution in [0.5, 0.6) is 0 Å². The first-order valence-corrected chi connectivity index (χ1v) is 11.6. The van der Waals surface area contributed by atoms with E-state index < -0.39 is 20.2 Å². The van der Waals surface area contributed by atoms with Crippen molar-refractivity contribution in [3.05, 3.63) is 0 Å². The zero-order chi connectivity index (χ0) is 15.8. The summed E-state index contributed by atoms with van der Waals surface area (Å²) < 4.78 is 59.3. The number of unbranched alkanes of at least 4 members (excludes halogenated alkanes) is 1. The molecule has 0 saturated carbocycles. The first-order chi connectivity index (χ1) is 9.01. The summed E-state index contributed by atoms with van der Waals surface area (Å²) >= 11 is 0. The molecule has 0 amide bonds. The molecule has 0 spiro atoms. The van der Waals surface area contributed by atoms with Gasteiger partial charge in [-0.1, -0.05) is 28.5 Å². The van der Waals surface area contributed by atoms with E-state index in [1.54, 1.807) is 0 Å². The Morgan fingerprint density at radius 2 is 1.60 bits per heavy atom. The third kappa shape index (κ3) is 13.5. The van der Waals surface area contributed by atoms with Crippen molar-refractivity contribution in [2.45, 2.75) is 37.5 Å². The summed E-state index contributed by atoms with van der Waals surface area (Å²) in [5.74, 6) is 0.134. The highest BCUT2D eigenvalue weighted by atomic mass is 33.1. The molecule has 2 unspecified atom stereocenters. The molecule has 20 heavy (non-hydrogen) atoms. The van der Waals surface area contributed by atoms with Gasteiger partial charge in [0.05, 0.1) is 11.5 Å². The largest absolute Gasteiger partial charge is 0.327 e. The van der Waals surface area contributed by atoms with Gasteiger partial charge in [-0.3, -0.25) is 9.11 Å². The van der Waals surface area contributed by atoms with E-state index in [1.807, 2.05) is 6.92 Å². The van der Waals surface area contributed by atoms with Crippen molar-refractivity contribution < 1.29 is 25.9 Å². The van der Waals surface area contributed by atoms with Gasteiger partial charge in [-0.15, -0.1) is 0 Å². The van der Waals surface area contributed by atoms with E-state index in [4.69, 9.17) is 14.8 Å². The molecule has 0 aliphatic heterocycles. The van der Waals surface area contributed by atoms with Gasteiger partial charge in [0, 0.05) is 17.0 Å². The van der Waals surface area contributed by atoms with Crippen molar-refractivity contribution in [2.24, 2.45) is 5.73 Å². The van der Waals surface area contributed by atoms with E-state index in [1.165, 1.54) is 21.6 Å². The highest BCUT2D eigenvalue weighted by molar-refractivity contribution is 8.76. The van der Waals surface area contributed by atoms with Gasteiger partial charge in [0.15, 0.2) is 0 Å². The molecule has 0 saturated heterocycles. The minimum atomic E-state index is -3.98. The molecular formula is C9H21NO6S4. The van der Waals surface area contributed by atoms with Crippen LogP contribution in [0.1, 0.15) is 26.2 Å². The standard InChI is InChI=1S/C9H21NO6S4/c1-8(9(10)4-7-20(14,15)16)18-17-5-2-3-6-19(11,12)13/h8-9H,2-7,10H2,1H3,(H,11,12,13)(H,14,15,16). The van der Waals surface area contributed by atoms with Gasteiger partial charge in [0.25, 0.3) is 20.2 Å². The summed E-state index contributed by atoms with van der Waals surface area (Å²) in [7, 11) is -4.84. The molecule has 0 bridgehead atoms. The molecule has 0 aromatic rings. The van der Waals surface area contributed by atoms with Gasteiger partial charge in [0.1, 0.15) is 0 Å². The Morgan fingerprint density at radius 1 is 1.05 bits per heavy atom. The zero-order valence-electron chi connectivity index (χ0n) is 11.1. The van der Waals surface area contributed by atoms with Crippen molar-refractivity contribution >= 4 is 41.8 Å². The molecule has 122 valence electrons. The van der Waals surface area contributed by atoms with Crippen molar-refractivity contribution in [2.75, 3.05) is 17.3 Å². The second-order valence-electron chi connectivity index (χ2n) is 4.36. The number of rotatable bonds is 11. The molecule has 0 fully saturated rings. The minimum Gasteiger partial charge on any atom is -0.327 e. The van der Waals surface area contributed by atoms with Crippen molar-refractivity contribution in [1.29, 1.82) is 0 Å². The molecule has 0 radical (unpaired) electrons. The van der Waals surface area contributed by atoms with Gasteiger partial charge >= 0.3 is 0 Å². The lowest BCUT2D eigenvalue weighted by Crippen LogP contribution is -2.32. The van der Waals surface area contributed by atoms with E-state index in [2.05, 4.69) is 0 Å². The van der Waals surface area contributed by atoms with Crippen LogP contribution in [0.25, 0.3) is 0 Å². The van der Waals surface area contributed by atoms with Crippen LogP contribution in [-0.2, 0) is 20.2 Å². The fraction of sp³-hybridized carbons (Fsp3) is 1.00. The molecule has 2 atom stereocenters. The molecular weight excluding hydrogens is 346 g/mol. The monoisotopic (exact) mass is 367 g/mol. The average molecular weight is 368 g/mol. The van der Waals surface area contributed by atoms with Gasteiger partial charge in [-0.25, -0.2) is 0 Å². The molecule has 0 heterocycles. The molecule has 7 nitrogen and oxygen atoms in total. The second-order valence-corrected chi connectivity index (χ2v) is 10.4. The van der Waals surface area contributed by atoms with E-state index in [0.717, 1.165) is 5.75 Å². The first kappa shape index (κ1) is 20.5. The van der Waals surface area contributed by atoms with Crippen molar-refractivity contribution in [1.82, 2.24) is 0 Å². The SMILES string of the molecule is CC(SSCCCCS(=O)(=O)O)C(N)CCS(=O)(=O)O. The van der Waals surface area contributed by atoms with Gasteiger partial charge in [-0.05, 0) is 19.3 Å². The third-order valence-electron chi connectivity index (χ3n) is 2.41. The lowest BCUT2D eigenvalue weighted by molar-refractivity contribution is 0.475. The Hall–Kier alpha value is 0.480. The quantitative estimate of drug-likeness (QED) is 0.278. The second kappa shape index (κ2) is 9.49. The van der Waals surface area contributed by atoms with Crippen LogP contribution >= 0.6 is 21.6 Å². The molecule has 0 rings (SSSR count). The maximum absolute atomic E-state index is 10.6. The molecule has 0 aliphatic rings. The van der Waals surface area contributed by atoms with Gasteiger partial charge in [-0.2, -0.15) is 16.8 Å². The van der Waals surface area contributed by atoms with Crippen LogP contribution in [-0.4, -0.2) is 54.5 Å². The molecule has 0 aromatic carbocycles. The Balaban J connectivity index is 3.69. The van der Waals surface area contributed by atoms with Crippen LogP contribution in [0.15, 0.2) is 0 Å². The summed E-state index contributed by atoms with van der Waals surface area (Å²) in [5.41, 5.74) is 5.80. The zero-order valence-corrected chi connectivity index (χ0v) is 14.4. The fourth-order valence-electron chi connectivity index (χ4n) is 1.19. The lowest BCUT2D eigenvalue weighted by atomic mass is 10.2. The molecule has 4 N–H and O–H groups in total. The summed E-state index contributed by atoms with van der Waals surface area (Å²) in [6.45, 7) is 1.87. The minimum absolute atomic E-state index is 0.0170. The number of hydrogen-bond donors (Lipinski definition) is 3. The van der Waals surface area contributed by atoms with Crippen LogP contribution < -0.4 is 5.73 Å². The van der Waals surface area contributed by atoms with E-state index >= 15 is 0 Å². The number of hydrogen-bond acceptors (Lipinski definition) is 7. The highest BCUT2D eigenvalue weighted by Gasteiger charge is 2.16. The summed E-state index contributed by atoms with van der Waals surface area (Å²) in [6.07, 6.45) is 1.25. The Kier molecular flexibility index (Phi) is 9.72. The van der Waals surface area contributed by atoms with Crippen LogP contribution in [0, 0.1) is 0 Å². The van der Waals surface area contributed by atoms with E-state index in [-0.39, 0.29) is 29.2 Å². The Bertz CT molecular complexity index is 463. The average Bonchev–Trinajstić information content (AvgIpc) is 2.27. The topological polar surface area (TPSA) is 135 Å². The number of nitrogens with two attached hydrogens (primary N) is 1. The molecule has 0 aliphatic carbocycles. The van der Waals surface area contributed by atoms with Gasteiger partial charge in [0.2, 0.25) is 0 Å². The normalized spacial score (nSPS) is 16.0. The summed E-state index contributed by atoms with van der Waals surface area (Å²) in [4.78, 5) is 0. The maximum atomic E-state index is 10.6. The van der Waals surface area contributed by atoms with E-state index in [0.29, 0.717) is 12.8 Å². The van der Waals surface area contributed by atoms with Crippen molar-refractivity contribution in [3.63, 3.8) is 0 Å². The van der Waals surface area contributed by atoms with Crippen LogP contribution in [0.2, 0.25) is 0 Å². The molecule has 0 aromatic heterocycles. The van der Waals surface area contributed by atoms with Crippen LogP contribution in [0.4, 0.5) is 0 Å². The highest BCUT2D eigenvalue weighted by Crippen LogP contribution is 2.29. The smallest absolute Gasteiger partial charge is 0.264 e. The van der Waals surface area contributed by atoms with E-state index in [9.17, 15) is 16.8 Å².